The number of ether oxygens (including phenoxy) is 1. The van der Waals surface area contributed by atoms with Crippen LogP contribution in [-0.2, 0) is 22.6 Å². The van der Waals surface area contributed by atoms with Crippen molar-refractivity contribution in [1.29, 1.82) is 0 Å². The fourth-order valence-corrected chi connectivity index (χ4v) is 3.33. The zero-order chi connectivity index (χ0) is 19.5. The Morgan fingerprint density at radius 2 is 2.18 bits per heavy atom. The molecule has 0 aliphatic rings. The standard InChI is InChI=1S/C19H16N4O4S/c1-12-4-2-8-23-16(24)10-13(20-19(12)23)11-26-17(25)7-6-15-21-18(22-27-15)14-5-3-9-28-14/h2-5,8-10H,6-7,11H2,1H3. The largest absolute Gasteiger partial charge is 0.459 e. The van der Waals surface area contributed by atoms with Gasteiger partial charge in [0.25, 0.3) is 5.56 Å². The van der Waals surface area contributed by atoms with Gasteiger partial charge in [-0.1, -0.05) is 17.3 Å². The fourth-order valence-electron chi connectivity index (χ4n) is 2.68. The summed E-state index contributed by atoms with van der Waals surface area (Å²) in [5.41, 5.74) is 1.61. The lowest BCUT2D eigenvalue weighted by atomic mass is 10.3. The smallest absolute Gasteiger partial charge is 0.306 e. The van der Waals surface area contributed by atoms with E-state index in [1.54, 1.807) is 12.3 Å². The molecule has 28 heavy (non-hydrogen) atoms. The van der Waals surface area contributed by atoms with Crippen molar-refractivity contribution in [2.24, 2.45) is 0 Å². The van der Waals surface area contributed by atoms with Crippen LogP contribution in [-0.4, -0.2) is 25.5 Å². The minimum Gasteiger partial charge on any atom is -0.459 e. The fraction of sp³-hybridized carbons (Fsp3) is 0.211. The molecule has 4 aromatic heterocycles. The second kappa shape index (κ2) is 7.73. The molecule has 0 saturated heterocycles. The second-order valence-corrected chi connectivity index (χ2v) is 7.07. The normalized spacial score (nSPS) is 11.0. The van der Waals surface area contributed by atoms with Crippen LogP contribution in [0.1, 0.15) is 23.6 Å². The first-order valence-corrected chi connectivity index (χ1v) is 9.48. The van der Waals surface area contributed by atoms with Crippen LogP contribution in [0.3, 0.4) is 0 Å². The van der Waals surface area contributed by atoms with Crippen LogP contribution in [0.4, 0.5) is 0 Å². The summed E-state index contributed by atoms with van der Waals surface area (Å²) in [6.07, 6.45) is 2.03. The van der Waals surface area contributed by atoms with E-state index in [0.717, 1.165) is 10.4 Å². The van der Waals surface area contributed by atoms with Crippen molar-refractivity contribution in [2.45, 2.75) is 26.4 Å². The Kier molecular flexibility index (Phi) is 4.98. The topological polar surface area (TPSA) is 99.6 Å². The summed E-state index contributed by atoms with van der Waals surface area (Å²) in [6.45, 7) is 1.80. The van der Waals surface area contributed by atoms with Gasteiger partial charge >= 0.3 is 5.97 Å². The highest BCUT2D eigenvalue weighted by atomic mass is 32.1. The molecule has 0 N–H and O–H groups in total. The van der Waals surface area contributed by atoms with Crippen LogP contribution in [0.2, 0.25) is 0 Å². The number of carbonyl (C=O) groups is 1. The molecule has 4 heterocycles. The highest BCUT2D eigenvalue weighted by molar-refractivity contribution is 7.13. The first-order valence-electron chi connectivity index (χ1n) is 8.60. The van der Waals surface area contributed by atoms with Gasteiger partial charge in [0, 0.05) is 18.7 Å². The highest BCUT2D eigenvalue weighted by Crippen LogP contribution is 2.21. The third kappa shape index (κ3) is 3.84. The summed E-state index contributed by atoms with van der Waals surface area (Å²) in [5, 5.41) is 5.83. The maximum atomic E-state index is 12.2. The van der Waals surface area contributed by atoms with E-state index < -0.39 is 5.97 Å². The number of esters is 1. The van der Waals surface area contributed by atoms with E-state index in [4.69, 9.17) is 9.26 Å². The van der Waals surface area contributed by atoms with E-state index in [9.17, 15) is 9.59 Å². The van der Waals surface area contributed by atoms with Crippen LogP contribution >= 0.6 is 11.3 Å². The van der Waals surface area contributed by atoms with Crippen molar-refractivity contribution >= 4 is 23.0 Å². The number of aryl methyl sites for hydroxylation is 2. The van der Waals surface area contributed by atoms with Gasteiger partial charge in [-0.2, -0.15) is 4.98 Å². The molecular formula is C19H16N4O4S. The lowest BCUT2D eigenvalue weighted by Gasteiger charge is -2.07. The average Bonchev–Trinajstić information content (AvgIpc) is 3.37. The molecule has 0 aliphatic carbocycles. The summed E-state index contributed by atoms with van der Waals surface area (Å²) < 4.78 is 11.9. The first-order chi connectivity index (χ1) is 13.6. The van der Waals surface area contributed by atoms with Crippen molar-refractivity contribution in [3.63, 3.8) is 0 Å². The average molecular weight is 396 g/mol. The Morgan fingerprint density at radius 3 is 3.00 bits per heavy atom. The summed E-state index contributed by atoms with van der Waals surface area (Å²) in [6, 6.07) is 8.82. The Labute approximate surface area is 163 Å². The predicted molar refractivity (Wildman–Crippen MR) is 102 cm³/mol. The molecule has 0 bridgehead atoms. The Bertz CT molecular complexity index is 1180. The molecule has 0 aliphatic heterocycles. The molecule has 0 saturated carbocycles. The molecule has 4 rings (SSSR count). The minimum absolute atomic E-state index is 0.0663. The van der Waals surface area contributed by atoms with Crippen LogP contribution in [0.15, 0.2) is 51.2 Å². The zero-order valence-corrected chi connectivity index (χ0v) is 15.8. The molecule has 9 heteroatoms. The molecular weight excluding hydrogens is 380 g/mol. The Morgan fingerprint density at radius 1 is 1.29 bits per heavy atom. The molecule has 142 valence electrons. The summed E-state index contributed by atoms with van der Waals surface area (Å²) in [5.74, 6) is 0.454. The molecule has 0 fully saturated rings. The minimum atomic E-state index is -0.428. The summed E-state index contributed by atoms with van der Waals surface area (Å²) >= 11 is 1.51. The van der Waals surface area contributed by atoms with Crippen molar-refractivity contribution < 1.29 is 14.1 Å². The molecule has 0 atom stereocenters. The van der Waals surface area contributed by atoms with Gasteiger partial charge in [0.05, 0.1) is 17.0 Å². The maximum Gasteiger partial charge on any atom is 0.306 e. The van der Waals surface area contributed by atoms with Crippen LogP contribution in [0.25, 0.3) is 16.3 Å². The molecule has 0 aromatic carbocycles. The maximum absolute atomic E-state index is 12.2. The first kappa shape index (κ1) is 18.1. The molecule has 0 amide bonds. The predicted octanol–water partition coefficient (Wildman–Crippen LogP) is 2.79. The monoisotopic (exact) mass is 396 g/mol. The van der Waals surface area contributed by atoms with E-state index in [0.29, 0.717) is 23.1 Å². The lowest BCUT2D eigenvalue weighted by Crippen LogP contribution is -2.17. The number of fused-ring (bicyclic) bond motifs is 1. The van der Waals surface area contributed by atoms with Gasteiger partial charge in [0.15, 0.2) is 0 Å². The van der Waals surface area contributed by atoms with Gasteiger partial charge in [-0.25, -0.2) is 4.98 Å². The Balaban J connectivity index is 1.35. The number of rotatable bonds is 6. The van der Waals surface area contributed by atoms with E-state index in [2.05, 4.69) is 15.1 Å². The van der Waals surface area contributed by atoms with Crippen molar-refractivity contribution in [1.82, 2.24) is 19.5 Å². The number of thiophene rings is 1. The van der Waals surface area contributed by atoms with Gasteiger partial charge in [-0.3, -0.25) is 14.0 Å². The number of pyridine rings is 1. The molecule has 0 radical (unpaired) electrons. The summed E-state index contributed by atoms with van der Waals surface area (Å²) in [4.78, 5) is 33.8. The van der Waals surface area contributed by atoms with Crippen LogP contribution in [0.5, 0.6) is 0 Å². The third-order valence-corrected chi connectivity index (χ3v) is 4.94. The second-order valence-electron chi connectivity index (χ2n) is 6.12. The highest BCUT2D eigenvalue weighted by Gasteiger charge is 2.13. The van der Waals surface area contributed by atoms with Gasteiger partial charge in [-0.05, 0) is 30.0 Å². The van der Waals surface area contributed by atoms with Crippen LogP contribution in [0, 0.1) is 6.92 Å². The van der Waals surface area contributed by atoms with Gasteiger partial charge in [-0.15, -0.1) is 11.3 Å². The molecule has 0 unspecified atom stereocenters. The van der Waals surface area contributed by atoms with Gasteiger partial charge < -0.3 is 9.26 Å². The number of nitrogens with zero attached hydrogens (tertiary/aromatic N) is 4. The Hall–Kier alpha value is -3.33. The number of hydrogen-bond donors (Lipinski definition) is 0. The number of hydrogen-bond acceptors (Lipinski definition) is 8. The van der Waals surface area contributed by atoms with Crippen LogP contribution < -0.4 is 5.56 Å². The van der Waals surface area contributed by atoms with Gasteiger partial charge in [0.2, 0.25) is 11.7 Å². The van der Waals surface area contributed by atoms with E-state index in [1.165, 1.54) is 21.8 Å². The van der Waals surface area contributed by atoms with Gasteiger partial charge in [0.1, 0.15) is 12.3 Å². The zero-order valence-electron chi connectivity index (χ0n) is 15.0. The number of carbonyl (C=O) groups excluding carboxylic acids is 1. The quantitative estimate of drug-likeness (QED) is 0.462. The SMILES string of the molecule is Cc1cccn2c(=O)cc(COC(=O)CCc3nc(-c4cccs4)no3)nc12. The summed E-state index contributed by atoms with van der Waals surface area (Å²) in [7, 11) is 0. The molecule has 8 nitrogen and oxygen atoms in total. The van der Waals surface area contributed by atoms with Crippen molar-refractivity contribution in [3.8, 4) is 10.7 Å². The lowest BCUT2D eigenvalue weighted by molar-refractivity contribution is -0.145. The van der Waals surface area contributed by atoms with E-state index in [-0.39, 0.29) is 25.0 Å². The van der Waals surface area contributed by atoms with Crippen molar-refractivity contribution in [3.05, 3.63) is 69.4 Å². The number of aromatic nitrogens is 4. The third-order valence-electron chi connectivity index (χ3n) is 4.07. The molecule has 4 aromatic rings. The van der Waals surface area contributed by atoms with E-state index in [1.807, 2.05) is 30.5 Å². The molecule has 0 spiro atoms. The van der Waals surface area contributed by atoms with E-state index >= 15 is 0 Å². The van der Waals surface area contributed by atoms with Crippen molar-refractivity contribution in [2.75, 3.05) is 0 Å².